The van der Waals surface area contributed by atoms with Crippen molar-refractivity contribution in [2.45, 2.75) is 69.2 Å². The SMILES string of the molecule is CC.CC.CC.CC.CC.P=S. The van der Waals surface area contributed by atoms with Crippen molar-refractivity contribution >= 4 is 19.8 Å². The Balaban J connectivity index is -0.00000000900. The van der Waals surface area contributed by atoms with E-state index in [0.717, 1.165) is 0 Å². The van der Waals surface area contributed by atoms with Crippen molar-refractivity contribution in [2.24, 2.45) is 0 Å². The summed E-state index contributed by atoms with van der Waals surface area (Å²) in [4.78, 5) is 0. The van der Waals surface area contributed by atoms with Crippen LogP contribution in [0.25, 0.3) is 0 Å². The Morgan fingerprint density at radius 1 is 0.417 bits per heavy atom. The van der Waals surface area contributed by atoms with Gasteiger partial charge in [-0.2, -0.15) is 0 Å². The summed E-state index contributed by atoms with van der Waals surface area (Å²) in [5, 5.41) is 0. The van der Waals surface area contributed by atoms with E-state index in [1.807, 2.05) is 69.2 Å². The van der Waals surface area contributed by atoms with Crippen molar-refractivity contribution < 1.29 is 0 Å². The Bertz CT molecular complexity index is 9.80. The molecule has 0 aliphatic heterocycles. The van der Waals surface area contributed by atoms with Crippen LogP contribution in [0.15, 0.2) is 0 Å². The number of hydrogen-bond donors (Lipinski definition) is 0. The second-order valence-corrected chi connectivity index (χ2v) is 0. The molecule has 82 valence electrons. The van der Waals surface area contributed by atoms with E-state index >= 15 is 0 Å². The van der Waals surface area contributed by atoms with Crippen molar-refractivity contribution in [2.75, 3.05) is 0 Å². The predicted octanol–water partition coefficient (Wildman–Crippen LogP) is 5.72. The summed E-state index contributed by atoms with van der Waals surface area (Å²) in [6.07, 6.45) is 0. The minimum Gasteiger partial charge on any atom is -0.0683 e. The molecule has 0 fully saturated rings. The van der Waals surface area contributed by atoms with Crippen molar-refractivity contribution in [1.82, 2.24) is 0 Å². The molecule has 0 aromatic rings. The average Bonchev–Trinajstić information content (AvgIpc) is 2.33. The summed E-state index contributed by atoms with van der Waals surface area (Å²) < 4.78 is 0. The average molecular weight is 214 g/mol. The van der Waals surface area contributed by atoms with Gasteiger partial charge in [-0.1, -0.05) is 81.0 Å². The van der Waals surface area contributed by atoms with Gasteiger partial charge in [0.05, 0.1) is 0 Å². The van der Waals surface area contributed by atoms with E-state index in [-0.39, 0.29) is 0 Å². The second-order valence-electron chi connectivity index (χ2n) is 0. The van der Waals surface area contributed by atoms with Gasteiger partial charge in [0.1, 0.15) is 0 Å². The van der Waals surface area contributed by atoms with Crippen molar-refractivity contribution in [3.63, 3.8) is 0 Å². The predicted molar refractivity (Wildman–Crippen MR) is 72.4 cm³/mol. The minimum absolute atomic E-state index is 2.00. The Kier molecular flexibility index (Phi) is 15400. The normalized spacial score (nSPS) is 2.83. The lowest BCUT2D eigenvalue weighted by Crippen LogP contribution is -0.856. The van der Waals surface area contributed by atoms with Gasteiger partial charge in [-0.15, -0.1) is 0 Å². The topological polar surface area (TPSA) is 0 Å². The lowest BCUT2D eigenvalue weighted by atomic mass is 11.0. The molecular formula is C10H31PS. The fourth-order valence-corrected chi connectivity index (χ4v) is 0. The van der Waals surface area contributed by atoms with Crippen LogP contribution in [0.1, 0.15) is 69.2 Å². The van der Waals surface area contributed by atoms with Gasteiger partial charge >= 0.3 is 0 Å². The summed E-state index contributed by atoms with van der Waals surface area (Å²) >= 11 is 3.89. The summed E-state index contributed by atoms with van der Waals surface area (Å²) in [7, 11) is 2.56. The Morgan fingerprint density at radius 3 is 0.417 bits per heavy atom. The third-order valence-corrected chi connectivity index (χ3v) is 0. The Morgan fingerprint density at radius 2 is 0.417 bits per heavy atom. The fraction of sp³-hybridized carbons (Fsp3) is 1.00. The molecule has 0 bridgehead atoms. The van der Waals surface area contributed by atoms with Gasteiger partial charge < -0.3 is 0 Å². The van der Waals surface area contributed by atoms with Gasteiger partial charge in [0.25, 0.3) is 0 Å². The van der Waals surface area contributed by atoms with E-state index in [1.165, 1.54) is 0 Å². The van der Waals surface area contributed by atoms with E-state index in [4.69, 9.17) is 0 Å². The molecule has 0 N–H and O–H groups in total. The highest BCUT2D eigenvalue weighted by atomic mass is 32.4. The number of hydrogen-bond acceptors (Lipinski definition) is 1. The molecule has 12 heavy (non-hydrogen) atoms. The largest absolute Gasteiger partial charge is 0.0683 e. The van der Waals surface area contributed by atoms with Crippen molar-refractivity contribution in [3.05, 3.63) is 0 Å². The third kappa shape index (κ3) is 3530. The zero-order valence-electron chi connectivity index (χ0n) is 10.9. The summed E-state index contributed by atoms with van der Waals surface area (Å²) in [6, 6.07) is 0. The quantitative estimate of drug-likeness (QED) is 0.465. The van der Waals surface area contributed by atoms with Crippen LogP contribution in [-0.4, -0.2) is 0 Å². The van der Waals surface area contributed by atoms with Gasteiger partial charge in [-0.05, 0) is 8.02 Å². The molecule has 0 atom stereocenters. The molecule has 0 radical (unpaired) electrons. The van der Waals surface area contributed by atoms with Crippen LogP contribution in [-0.2, 0) is 11.8 Å². The van der Waals surface area contributed by atoms with E-state index in [0.29, 0.717) is 0 Å². The molecule has 0 spiro atoms. The molecule has 0 aromatic heterocycles. The zero-order chi connectivity index (χ0) is 12.0. The smallest absolute Gasteiger partial charge is 0.0437 e. The van der Waals surface area contributed by atoms with Crippen LogP contribution in [0, 0.1) is 0 Å². The minimum atomic E-state index is 2.00. The van der Waals surface area contributed by atoms with Crippen molar-refractivity contribution in [1.29, 1.82) is 0 Å². The van der Waals surface area contributed by atoms with Gasteiger partial charge in [0.15, 0.2) is 0 Å². The maximum absolute atomic E-state index is 3.89. The molecule has 0 heterocycles. The van der Waals surface area contributed by atoms with Crippen LogP contribution in [0.2, 0.25) is 0 Å². The van der Waals surface area contributed by atoms with Gasteiger partial charge in [-0.3, -0.25) is 0 Å². The monoisotopic (exact) mass is 214 g/mol. The molecule has 2 heteroatoms. The highest BCUT2D eigenvalue weighted by Gasteiger charge is 0.940. The first-order valence-corrected chi connectivity index (χ1v) is 6.84. The Hall–Kier alpha value is 0.520. The molecular weight excluding hydrogens is 183 g/mol. The summed E-state index contributed by atoms with van der Waals surface area (Å²) in [6.45, 7) is 20.0. The Labute approximate surface area is 89.4 Å². The van der Waals surface area contributed by atoms with Crippen LogP contribution in [0.4, 0.5) is 0 Å². The lowest BCUT2D eigenvalue weighted by Gasteiger charge is -1.07. The fourth-order valence-electron chi connectivity index (χ4n) is 0. The summed E-state index contributed by atoms with van der Waals surface area (Å²) in [5.74, 6) is 0. The first kappa shape index (κ1) is 39.1. The van der Waals surface area contributed by atoms with E-state index in [1.54, 1.807) is 0 Å². The van der Waals surface area contributed by atoms with Crippen LogP contribution >= 0.6 is 8.02 Å². The first-order chi connectivity index (χ1) is 6.00. The van der Waals surface area contributed by atoms with Gasteiger partial charge in [0.2, 0.25) is 0 Å². The molecule has 0 rings (SSSR count). The molecule has 0 aromatic carbocycles. The maximum atomic E-state index is 3.89. The highest BCUT2D eigenvalue weighted by molar-refractivity contribution is 7.88. The van der Waals surface area contributed by atoms with Crippen LogP contribution in [0.5, 0.6) is 0 Å². The van der Waals surface area contributed by atoms with E-state index < -0.39 is 0 Å². The molecule has 0 saturated carbocycles. The second kappa shape index (κ2) is 4710. The van der Waals surface area contributed by atoms with E-state index in [2.05, 4.69) is 19.8 Å². The van der Waals surface area contributed by atoms with E-state index in [9.17, 15) is 0 Å². The molecule has 0 nitrogen and oxygen atoms in total. The maximum Gasteiger partial charge on any atom is -0.0437 e. The standard InChI is InChI=1S/5C2H6.HPS/c6*1-2/h5*1-2H3;1H. The van der Waals surface area contributed by atoms with Gasteiger partial charge in [-0.25, -0.2) is 0 Å². The molecule has 0 aliphatic rings. The lowest BCUT2D eigenvalue weighted by molar-refractivity contribution is 1.50. The molecule has 0 saturated heterocycles. The van der Waals surface area contributed by atoms with Gasteiger partial charge in [0, 0.05) is 0 Å². The zero-order valence-corrected chi connectivity index (χ0v) is 12.7. The van der Waals surface area contributed by atoms with Crippen LogP contribution in [0.3, 0.4) is 0 Å². The highest BCUT2D eigenvalue weighted by Crippen LogP contribution is 1.26. The number of rotatable bonds is 0. The molecule has 0 amide bonds. The van der Waals surface area contributed by atoms with Crippen molar-refractivity contribution in [3.8, 4) is 0 Å². The molecule has 0 aliphatic carbocycles. The van der Waals surface area contributed by atoms with Crippen LogP contribution < -0.4 is 0 Å². The molecule has 0 unspecified atom stereocenters. The third-order valence-electron chi connectivity index (χ3n) is 0. The first-order valence-electron chi connectivity index (χ1n) is 5.20. The summed E-state index contributed by atoms with van der Waals surface area (Å²) in [5.41, 5.74) is 0.